The Hall–Kier alpha value is -1.94. The van der Waals surface area contributed by atoms with Gasteiger partial charge in [-0.3, -0.25) is 14.3 Å². The van der Waals surface area contributed by atoms with E-state index in [1.807, 2.05) is 0 Å². The van der Waals surface area contributed by atoms with Crippen LogP contribution in [0.4, 0.5) is 4.39 Å². The van der Waals surface area contributed by atoms with Crippen molar-refractivity contribution in [3.8, 4) is 5.75 Å². The lowest BCUT2D eigenvalue weighted by atomic mass is 9.46. The first kappa shape index (κ1) is 16.5. The molecule has 4 aliphatic rings. The van der Waals surface area contributed by atoms with Crippen LogP contribution in [-0.2, 0) is 9.09 Å². The molecule has 1 aromatic rings. The Morgan fingerprint density at radius 3 is 2.60 bits per heavy atom. The number of ether oxygens (including phenoxy) is 1. The number of phosphoric ester groups is 1. The van der Waals surface area contributed by atoms with E-state index in [4.69, 9.17) is 14.5 Å². The molecule has 0 spiro atoms. The van der Waals surface area contributed by atoms with E-state index in [-0.39, 0.29) is 37.4 Å². The topological polar surface area (TPSA) is 130 Å². The molecule has 2 bridgehead atoms. The smallest absolute Gasteiger partial charge is 0.460 e. The zero-order valence-corrected chi connectivity index (χ0v) is 13.7. The fourth-order valence-electron chi connectivity index (χ4n) is 3.77. The SMILES string of the molecule is O=C1c2c(OCOP(=O)(O)O)c(=O)ccn2NCN1C12CC(F)(C1)C2. The number of amides is 1. The Morgan fingerprint density at radius 2 is 2.00 bits per heavy atom. The highest BCUT2D eigenvalue weighted by atomic mass is 31.2. The molecule has 2 heterocycles. The van der Waals surface area contributed by atoms with Crippen LogP contribution < -0.4 is 15.6 Å². The number of hydrogen-bond acceptors (Lipinski definition) is 6. The van der Waals surface area contributed by atoms with E-state index < -0.39 is 37.2 Å². The minimum atomic E-state index is -4.78. The lowest BCUT2D eigenvalue weighted by Gasteiger charge is -2.69. The van der Waals surface area contributed by atoms with E-state index in [1.54, 1.807) is 0 Å². The Balaban J connectivity index is 1.61. The molecule has 3 saturated carbocycles. The average molecular weight is 375 g/mol. The largest absolute Gasteiger partial charge is 0.472 e. The van der Waals surface area contributed by atoms with Gasteiger partial charge in [0.05, 0.1) is 5.54 Å². The molecule has 1 aromatic heterocycles. The third-order valence-electron chi connectivity index (χ3n) is 4.84. The fourth-order valence-corrected chi connectivity index (χ4v) is 3.96. The molecule has 5 rings (SSSR count). The number of phosphoric acid groups is 1. The van der Waals surface area contributed by atoms with Gasteiger partial charge in [0.25, 0.3) is 5.91 Å². The summed E-state index contributed by atoms with van der Waals surface area (Å²) >= 11 is 0. The molecule has 10 nitrogen and oxygen atoms in total. The van der Waals surface area contributed by atoms with Crippen LogP contribution in [0.5, 0.6) is 5.75 Å². The normalized spacial score (nSPS) is 30.0. The standard InChI is InChI=1S/C13H15FN3O7P/c14-12-3-13(4-12,5-12)16-6-15-17-2-1-8(18)10(9(17)11(16)19)23-7-24-25(20,21)22/h1-2,15H,3-7H2,(H2,20,21,22). The van der Waals surface area contributed by atoms with Gasteiger partial charge >= 0.3 is 7.82 Å². The Morgan fingerprint density at radius 1 is 1.32 bits per heavy atom. The average Bonchev–Trinajstić information content (AvgIpc) is 2.45. The molecule has 0 radical (unpaired) electrons. The zero-order chi connectivity index (χ0) is 18.0. The zero-order valence-electron chi connectivity index (χ0n) is 12.8. The van der Waals surface area contributed by atoms with E-state index in [0.29, 0.717) is 0 Å². The molecule has 0 aromatic carbocycles. The van der Waals surface area contributed by atoms with Crippen molar-refractivity contribution < 1.29 is 32.8 Å². The Bertz CT molecular complexity index is 846. The fraction of sp³-hybridized carbons (Fsp3) is 0.538. The van der Waals surface area contributed by atoms with Gasteiger partial charge in [0.2, 0.25) is 18.0 Å². The molecule has 136 valence electrons. The molecule has 0 unspecified atom stereocenters. The maximum absolute atomic E-state index is 13.8. The predicted octanol–water partition coefficient (Wildman–Crippen LogP) is -0.105. The second-order valence-corrected chi connectivity index (χ2v) is 7.80. The van der Waals surface area contributed by atoms with Gasteiger partial charge < -0.3 is 24.8 Å². The van der Waals surface area contributed by atoms with Crippen molar-refractivity contribution in [1.29, 1.82) is 0 Å². The van der Waals surface area contributed by atoms with E-state index in [2.05, 4.69) is 9.95 Å². The van der Waals surface area contributed by atoms with E-state index in [9.17, 15) is 18.5 Å². The van der Waals surface area contributed by atoms with E-state index in [1.165, 1.54) is 15.8 Å². The van der Waals surface area contributed by atoms with Crippen LogP contribution in [0.3, 0.4) is 0 Å². The number of carbonyl (C=O) groups excluding carboxylic acids is 1. The van der Waals surface area contributed by atoms with Crippen LogP contribution in [0, 0.1) is 0 Å². The van der Waals surface area contributed by atoms with Crippen LogP contribution in [0.25, 0.3) is 0 Å². The molecule has 0 atom stereocenters. The number of nitrogens with zero attached hydrogens (tertiary/aromatic N) is 2. The first-order valence-electron chi connectivity index (χ1n) is 7.46. The Kier molecular flexibility index (Phi) is 3.33. The summed E-state index contributed by atoms with van der Waals surface area (Å²) in [6.45, 7) is -0.744. The second kappa shape index (κ2) is 5.04. The minimum Gasteiger partial charge on any atom is -0.460 e. The number of hydrogen-bond donors (Lipinski definition) is 3. The summed E-state index contributed by atoms with van der Waals surface area (Å²) in [4.78, 5) is 43.7. The van der Waals surface area contributed by atoms with Gasteiger partial charge in [0.15, 0.2) is 5.69 Å². The number of aromatic nitrogens is 1. The van der Waals surface area contributed by atoms with Gasteiger partial charge in [-0.15, -0.1) is 0 Å². The highest BCUT2D eigenvalue weighted by Gasteiger charge is 2.73. The quantitative estimate of drug-likeness (QED) is 0.480. The van der Waals surface area contributed by atoms with Crippen LogP contribution >= 0.6 is 7.82 Å². The van der Waals surface area contributed by atoms with Crippen molar-refractivity contribution >= 4 is 13.7 Å². The monoisotopic (exact) mass is 375 g/mol. The number of fused-ring (bicyclic) bond motifs is 1. The lowest BCUT2D eigenvalue weighted by molar-refractivity contribution is -0.212. The van der Waals surface area contributed by atoms with Crippen molar-refractivity contribution in [3.63, 3.8) is 0 Å². The maximum Gasteiger partial charge on any atom is 0.472 e. The minimum absolute atomic E-state index is 0.120. The number of rotatable bonds is 5. The van der Waals surface area contributed by atoms with E-state index in [0.717, 1.165) is 6.07 Å². The summed E-state index contributed by atoms with van der Waals surface area (Å²) in [5, 5.41) is 0. The summed E-state index contributed by atoms with van der Waals surface area (Å²) < 4.78 is 35.0. The predicted molar refractivity (Wildman–Crippen MR) is 80.1 cm³/mol. The highest BCUT2D eigenvalue weighted by Crippen LogP contribution is 2.66. The van der Waals surface area contributed by atoms with Crippen molar-refractivity contribution in [2.24, 2.45) is 0 Å². The molecule has 1 aliphatic heterocycles. The Labute approximate surface area is 140 Å². The van der Waals surface area contributed by atoms with Crippen LogP contribution in [0.1, 0.15) is 29.8 Å². The highest BCUT2D eigenvalue weighted by molar-refractivity contribution is 7.46. The molecule has 3 aliphatic carbocycles. The number of pyridine rings is 1. The van der Waals surface area contributed by atoms with Gasteiger partial charge in [-0.2, -0.15) is 0 Å². The molecule has 25 heavy (non-hydrogen) atoms. The summed E-state index contributed by atoms with van der Waals surface area (Å²) in [6.07, 6.45) is 2.15. The summed E-state index contributed by atoms with van der Waals surface area (Å²) in [5.41, 5.74) is 0.418. The molecule has 3 N–H and O–H groups in total. The number of halogens is 1. The van der Waals surface area contributed by atoms with Crippen molar-refractivity contribution in [2.45, 2.75) is 30.5 Å². The van der Waals surface area contributed by atoms with Crippen molar-refractivity contribution in [1.82, 2.24) is 9.58 Å². The van der Waals surface area contributed by atoms with Gasteiger partial charge in [-0.1, -0.05) is 0 Å². The third-order valence-corrected chi connectivity index (χ3v) is 5.28. The lowest BCUT2D eigenvalue weighted by Crippen LogP contribution is -2.79. The molecule has 12 heteroatoms. The second-order valence-electron chi connectivity index (χ2n) is 6.56. The summed E-state index contributed by atoms with van der Waals surface area (Å²) in [5.74, 6) is -0.899. The molecule has 1 amide bonds. The summed E-state index contributed by atoms with van der Waals surface area (Å²) in [7, 11) is -4.78. The number of carbonyl (C=O) groups is 1. The van der Waals surface area contributed by atoms with Crippen LogP contribution in [-0.4, -0.2) is 49.9 Å². The van der Waals surface area contributed by atoms with Gasteiger partial charge in [0.1, 0.15) is 12.3 Å². The first-order chi connectivity index (χ1) is 11.6. The van der Waals surface area contributed by atoms with Crippen molar-refractivity contribution in [3.05, 3.63) is 28.2 Å². The van der Waals surface area contributed by atoms with Crippen LogP contribution in [0.15, 0.2) is 17.1 Å². The number of alkyl halides is 1. The van der Waals surface area contributed by atoms with Gasteiger partial charge in [-0.25, -0.2) is 13.5 Å². The molecule has 3 fully saturated rings. The molecular formula is C13H15FN3O7P. The van der Waals surface area contributed by atoms with Gasteiger partial charge in [-0.05, 0) is 0 Å². The maximum atomic E-state index is 13.8. The molecule has 0 saturated heterocycles. The van der Waals surface area contributed by atoms with Crippen molar-refractivity contribution in [2.75, 3.05) is 18.9 Å². The summed E-state index contributed by atoms with van der Waals surface area (Å²) in [6, 6.07) is 1.14. The third kappa shape index (κ3) is 2.54. The first-order valence-corrected chi connectivity index (χ1v) is 8.99. The number of nitrogens with one attached hydrogen (secondary N) is 1. The van der Waals surface area contributed by atoms with E-state index >= 15 is 0 Å². The van der Waals surface area contributed by atoms with Gasteiger partial charge in [0, 0.05) is 31.5 Å². The van der Waals surface area contributed by atoms with Crippen LogP contribution in [0.2, 0.25) is 0 Å². The molecular weight excluding hydrogens is 360 g/mol.